The highest BCUT2D eigenvalue weighted by Gasteiger charge is 2.23. The first-order valence-electron chi connectivity index (χ1n) is 12.6. The Morgan fingerprint density at radius 2 is 1.73 bits per heavy atom. The Kier molecular flexibility index (Phi) is 8.95. The van der Waals surface area contributed by atoms with Crippen LogP contribution in [0.2, 0.25) is 5.02 Å². The maximum absolute atomic E-state index is 12.9. The van der Waals surface area contributed by atoms with E-state index in [4.69, 9.17) is 11.6 Å². The van der Waals surface area contributed by atoms with Gasteiger partial charge in [-0.15, -0.1) is 0 Å². The van der Waals surface area contributed by atoms with Gasteiger partial charge in [-0.25, -0.2) is 18.4 Å². The SMILES string of the molecule is CCc1nc(CS(=O)(=O)c2ccccc2Cl)ccc1/C=C/c1cnc(NC2CCC(N(C)C)CC2)nc1. The van der Waals surface area contributed by atoms with Crippen molar-refractivity contribution < 1.29 is 8.42 Å². The molecule has 1 aromatic carbocycles. The van der Waals surface area contributed by atoms with Crippen LogP contribution in [0.1, 0.15) is 55.1 Å². The molecule has 0 bridgehead atoms. The van der Waals surface area contributed by atoms with Gasteiger partial charge < -0.3 is 10.2 Å². The van der Waals surface area contributed by atoms with Gasteiger partial charge >= 0.3 is 0 Å². The molecule has 1 N–H and O–H groups in total. The van der Waals surface area contributed by atoms with Crippen molar-refractivity contribution in [3.05, 3.63) is 76.3 Å². The molecule has 0 unspecified atom stereocenters. The van der Waals surface area contributed by atoms with Crippen LogP contribution in [0, 0.1) is 0 Å². The lowest BCUT2D eigenvalue weighted by Crippen LogP contribution is -2.36. The maximum atomic E-state index is 12.9. The zero-order chi connectivity index (χ0) is 26.4. The van der Waals surface area contributed by atoms with E-state index < -0.39 is 9.84 Å². The van der Waals surface area contributed by atoms with Crippen LogP contribution in [-0.2, 0) is 22.0 Å². The number of aromatic nitrogens is 3. The van der Waals surface area contributed by atoms with E-state index in [2.05, 4.69) is 39.3 Å². The number of halogens is 1. The first kappa shape index (κ1) is 27.2. The minimum absolute atomic E-state index is 0.125. The average molecular weight is 540 g/mol. The van der Waals surface area contributed by atoms with Crippen LogP contribution in [0.25, 0.3) is 12.2 Å². The second-order valence-electron chi connectivity index (χ2n) is 9.67. The number of aryl methyl sites for hydroxylation is 1. The topological polar surface area (TPSA) is 88.1 Å². The second-order valence-corrected chi connectivity index (χ2v) is 12.0. The van der Waals surface area contributed by atoms with E-state index in [1.165, 1.54) is 18.9 Å². The summed E-state index contributed by atoms with van der Waals surface area (Å²) in [6.45, 7) is 2.00. The van der Waals surface area contributed by atoms with Crippen molar-refractivity contribution in [3.8, 4) is 0 Å². The van der Waals surface area contributed by atoms with Crippen LogP contribution < -0.4 is 5.32 Å². The number of nitrogens with zero attached hydrogens (tertiary/aromatic N) is 4. The summed E-state index contributed by atoms with van der Waals surface area (Å²) in [5.74, 6) is 0.456. The van der Waals surface area contributed by atoms with Crippen molar-refractivity contribution in [1.29, 1.82) is 0 Å². The summed E-state index contributed by atoms with van der Waals surface area (Å²) in [5.41, 5.74) is 3.14. The van der Waals surface area contributed by atoms with Crippen molar-refractivity contribution in [2.75, 3.05) is 19.4 Å². The van der Waals surface area contributed by atoms with Crippen LogP contribution in [-0.4, -0.2) is 54.4 Å². The summed E-state index contributed by atoms with van der Waals surface area (Å²) >= 11 is 6.11. The smallest absolute Gasteiger partial charge is 0.222 e. The quantitative estimate of drug-likeness (QED) is 0.383. The number of rotatable bonds is 9. The maximum Gasteiger partial charge on any atom is 0.222 e. The molecule has 0 amide bonds. The van der Waals surface area contributed by atoms with E-state index in [0.717, 1.165) is 29.7 Å². The van der Waals surface area contributed by atoms with Gasteiger partial charge in [0.2, 0.25) is 5.95 Å². The van der Waals surface area contributed by atoms with Crippen molar-refractivity contribution >= 4 is 39.5 Å². The highest BCUT2D eigenvalue weighted by Crippen LogP contribution is 2.25. The molecule has 7 nitrogen and oxygen atoms in total. The fourth-order valence-electron chi connectivity index (χ4n) is 4.65. The van der Waals surface area contributed by atoms with Crippen LogP contribution in [0.4, 0.5) is 5.95 Å². The number of hydrogen-bond donors (Lipinski definition) is 1. The Hall–Kier alpha value is -2.81. The van der Waals surface area contributed by atoms with Crippen LogP contribution in [0.15, 0.2) is 53.7 Å². The van der Waals surface area contributed by atoms with Gasteiger partial charge in [-0.1, -0.05) is 48.9 Å². The van der Waals surface area contributed by atoms with E-state index >= 15 is 0 Å². The molecule has 9 heteroatoms. The Bertz CT molecular complexity index is 1330. The molecule has 0 aliphatic heterocycles. The van der Waals surface area contributed by atoms with Gasteiger partial charge in [-0.2, -0.15) is 0 Å². The van der Waals surface area contributed by atoms with Crippen LogP contribution in [0.3, 0.4) is 0 Å². The van der Waals surface area contributed by atoms with Gasteiger partial charge in [0.05, 0.1) is 21.4 Å². The molecule has 1 aliphatic carbocycles. The summed E-state index contributed by atoms with van der Waals surface area (Å²) in [6.07, 6.45) is 12.8. The zero-order valence-electron chi connectivity index (χ0n) is 21.6. The molecule has 2 heterocycles. The average Bonchev–Trinajstić information content (AvgIpc) is 2.89. The molecule has 1 saturated carbocycles. The van der Waals surface area contributed by atoms with E-state index in [0.29, 0.717) is 30.1 Å². The molecule has 0 spiro atoms. The summed E-state index contributed by atoms with van der Waals surface area (Å²) in [7, 11) is 0.699. The molecule has 3 aromatic rings. The normalized spacial score (nSPS) is 18.4. The monoisotopic (exact) mass is 539 g/mol. The molecule has 1 aliphatic rings. The summed E-state index contributed by atoms with van der Waals surface area (Å²) in [6, 6.07) is 11.2. The number of pyridine rings is 1. The molecular formula is C28H34ClN5O2S. The second kappa shape index (κ2) is 12.2. The molecule has 0 saturated heterocycles. The Labute approximate surface area is 224 Å². The molecule has 0 atom stereocenters. The van der Waals surface area contributed by atoms with Crippen molar-refractivity contribution in [1.82, 2.24) is 19.9 Å². The fourth-order valence-corrected chi connectivity index (χ4v) is 6.49. The Morgan fingerprint density at radius 1 is 1.03 bits per heavy atom. The lowest BCUT2D eigenvalue weighted by molar-refractivity contribution is 0.221. The van der Waals surface area contributed by atoms with Crippen molar-refractivity contribution in [2.45, 2.75) is 61.8 Å². The first-order chi connectivity index (χ1) is 17.7. The molecular weight excluding hydrogens is 506 g/mol. The molecule has 1 fully saturated rings. The Morgan fingerprint density at radius 3 is 2.38 bits per heavy atom. The van der Waals surface area contributed by atoms with Crippen molar-refractivity contribution in [2.24, 2.45) is 0 Å². The lowest BCUT2D eigenvalue weighted by Gasteiger charge is -2.32. The van der Waals surface area contributed by atoms with Gasteiger partial charge in [-0.05, 0) is 70.0 Å². The molecule has 37 heavy (non-hydrogen) atoms. The zero-order valence-corrected chi connectivity index (χ0v) is 23.1. The number of sulfone groups is 1. The van der Waals surface area contributed by atoms with E-state index in [1.807, 2.05) is 25.1 Å². The highest BCUT2D eigenvalue weighted by atomic mass is 35.5. The minimum atomic E-state index is -3.60. The first-order valence-corrected chi connectivity index (χ1v) is 14.7. The number of benzene rings is 1. The van der Waals surface area contributed by atoms with Gasteiger partial charge in [0.15, 0.2) is 9.84 Å². The lowest BCUT2D eigenvalue weighted by atomic mass is 9.91. The van der Waals surface area contributed by atoms with Gasteiger partial charge in [0.1, 0.15) is 0 Å². The minimum Gasteiger partial charge on any atom is -0.351 e. The summed E-state index contributed by atoms with van der Waals surface area (Å²) in [4.78, 5) is 16.0. The van der Waals surface area contributed by atoms with E-state index in [-0.39, 0.29) is 15.7 Å². The number of nitrogens with one attached hydrogen (secondary N) is 1. The predicted octanol–water partition coefficient (Wildman–Crippen LogP) is 5.52. The largest absolute Gasteiger partial charge is 0.351 e. The van der Waals surface area contributed by atoms with Gasteiger partial charge in [-0.3, -0.25) is 4.98 Å². The van der Waals surface area contributed by atoms with Crippen molar-refractivity contribution in [3.63, 3.8) is 0 Å². The van der Waals surface area contributed by atoms with Gasteiger partial charge in [0, 0.05) is 35.7 Å². The summed E-state index contributed by atoms with van der Waals surface area (Å²) < 4.78 is 25.7. The van der Waals surface area contributed by atoms with Crippen LogP contribution >= 0.6 is 11.6 Å². The molecule has 196 valence electrons. The third-order valence-electron chi connectivity index (χ3n) is 6.80. The van der Waals surface area contributed by atoms with E-state index in [1.54, 1.807) is 36.7 Å². The molecule has 2 aromatic heterocycles. The summed E-state index contributed by atoms with van der Waals surface area (Å²) in [5, 5.41) is 3.69. The number of anilines is 1. The molecule has 4 rings (SSSR count). The standard InChI is InChI=1S/C28H34ClN5O2S/c1-4-26-21(11-12-23(32-26)19-37(35,36)27-8-6-5-7-25(27)29)10-9-20-17-30-28(31-18-20)33-22-13-15-24(16-14-22)34(2)3/h5-12,17-18,22,24H,4,13-16,19H2,1-3H3,(H,30,31,33)/b10-9+. The van der Waals surface area contributed by atoms with Crippen LogP contribution in [0.5, 0.6) is 0 Å². The molecule has 0 radical (unpaired) electrons. The predicted molar refractivity (Wildman–Crippen MR) is 150 cm³/mol. The Balaban J connectivity index is 1.39. The fraction of sp³-hybridized carbons (Fsp3) is 0.393. The third-order valence-corrected chi connectivity index (χ3v) is 8.94. The third kappa shape index (κ3) is 7.15. The number of hydrogen-bond acceptors (Lipinski definition) is 7. The highest BCUT2D eigenvalue weighted by molar-refractivity contribution is 7.90. The van der Waals surface area contributed by atoms with Gasteiger partial charge in [0.25, 0.3) is 0 Å². The van der Waals surface area contributed by atoms with E-state index in [9.17, 15) is 8.42 Å².